The Hall–Kier alpha value is -1.43. The Morgan fingerprint density at radius 2 is 2.22 bits per heavy atom. The monoisotopic (exact) mass is 268 g/mol. The first-order chi connectivity index (χ1) is 8.58. The number of carboxylic acids is 1. The van der Waals surface area contributed by atoms with Crippen molar-refractivity contribution >= 4 is 23.2 Å². The molecule has 98 valence electrons. The van der Waals surface area contributed by atoms with E-state index in [2.05, 4.69) is 10.3 Å². The second-order valence-corrected chi connectivity index (χ2v) is 5.62. The molecule has 0 saturated heterocycles. The van der Waals surface area contributed by atoms with Gasteiger partial charge in [0.05, 0.1) is 29.1 Å². The van der Waals surface area contributed by atoms with Gasteiger partial charge < -0.3 is 10.4 Å². The van der Waals surface area contributed by atoms with Crippen molar-refractivity contribution in [3.8, 4) is 0 Å². The van der Waals surface area contributed by atoms with Crippen LogP contribution in [0.2, 0.25) is 0 Å². The molecule has 0 spiro atoms. The molecule has 0 aromatic carbocycles. The Labute approximate surface area is 109 Å². The summed E-state index contributed by atoms with van der Waals surface area (Å²) in [4.78, 5) is 27.2. The first-order valence-electron chi connectivity index (χ1n) is 5.99. The molecule has 1 aromatic heterocycles. The van der Waals surface area contributed by atoms with E-state index in [4.69, 9.17) is 5.11 Å². The Kier molecular flexibility index (Phi) is 3.96. The highest BCUT2D eigenvalue weighted by Gasteiger charge is 2.37. The zero-order valence-electron chi connectivity index (χ0n) is 10.2. The van der Waals surface area contributed by atoms with Crippen molar-refractivity contribution in [1.82, 2.24) is 10.3 Å². The third-order valence-corrected chi connectivity index (χ3v) is 4.10. The summed E-state index contributed by atoms with van der Waals surface area (Å²) in [6.45, 7) is 2.29. The molecule has 0 radical (unpaired) electrons. The molecule has 1 aromatic rings. The average Bonchev–Trinajstić information content (AvgIpc) is 2.94. The summed E-state index contributed by atoms with van der Waals surface area (Å²) < 4.78 is 0. The van der Waals surface area contributed by atoms with Crippen molar-refractivity contribution in [2.45, 2.75) is 32.7 Å². The van der Waals surface area contributed by atoms with Gasteiger partial charge in [-0.05, 0) is 19.8 Å². The lowest BCUT2D eigenvalue weighted by Crippen LogP contribution is -2.34. The highest BCUT2D eigenvalue weighted by atomic mass is 32.1. The van der Waals surface area contributed by atoms with Crippen LogP contribution in [0.5, 0.6) is 0 Å². The topological polar surface area (TPSA) is 79.3 Å². The predicted octanol–water partition coefficient (Wildman–Crippen LogP) is 1.57. The molecule has 18 heavy (non-hydrogen) atoms. The molecule has 2 atom stereocenters. The van der Waals surface area contributed by atoms with Crippen molar-refractivity contribution in [2.24, 2.45) is 11.8 Å². The second-order valence-electron chi connectivity index (χ2n) is 4.56. The van der Waals surface area contributed by atoms with Gasteiger partial charge in [0, 0.05) is 5.38 Å². The van der Waals surface area contributed by atoms with E-state index in [9.17, 15) is 9.59 Å². The van der Waals surface area contributed by atoms with Gasteiger partial charge in [-0.1, -0.05) is 6.42 Å². The third-order valence-electron chi connectivity index (χ3n) is 3.28. The number of carbonyl (C=O) groups excluding carboxylic acids is 1. The minimum Gasteiger partial charge on any atom is -0.481 e. The van der Waals surface area contributed by atoms with Gasteiger partial charge in [-0.15, -0.1) is 11.3 Å². The van der Waals surface area contributed by atoms with Crippen molar-refractivity contribution in [2.75, 3.05) is 0 Å². The summed E-state index contributed by atoms with van der Waals surface area (Å²) in [5, 5.41) is 14.7. The van der Waals surface area contributed by atoms with Gasteiger partial charge in [0.2, 0.25) is 5.91 Å². The number of thiazole rings is 1. The van der Waals surface area contributed by atoms with Crippen LogP contribution in [0.4, 0.5) is 0 Å². The fourth-order valence-corrected chi connectivity index (χ4v) is 2.98. The molecule has 0 bridgehead atoms. The molecular weight excluding hydrogens is 252 g/mol. The molecule has 1 saturated carbocycles. The summed E-state index contributed by atoms with van der Waals surface area (Å²) in [6, 6.07) is 0. The summed E-state index contributed by atoms with van der Waals surface area (Å²) in [6.07, 6.45) is 2.08. The van der Waals surface area contributed by atoms with Gasteiger partial charge in [-0.2, -0.15) is 0 Å². The van der Waals surface area contributed by atoms with Crippen molar-refractivity contribution < 1.29 is 14.7 Å². The van der Waals surface area contributed by atoms with E-state index >= 15 is 0 Å². The summed E-state index contributed by atoms with van der Waals surface area (Å²) in [5.74, 6) is -1.94. The van der Waals surface area contributed by atoms with E-state index in [1.54, 1.807) is 0 Å². The summed E-state index contributed by atoms with van der Waals surface area (Å²) in [5.41, 5.74) is 0.829. The third kappa shape index (κ3) is 2.87. The van der Waals surface area contributed by atoms with Gasteiger partial charge in [0.25, 0.3) is 0 Å². The number of aromatic nitrogens is 1. The maximum Gasteiger partial charge on any atom is 0.307 e. The number of hydrogen-bond donors (Lipinski definition) is 2. The number of aryl methyl sites for hydroxylation is 1. The lowest BCUT2D eigenvalue weighted by atomic mass is 9.95. The molecule has 2 rings (SSSR count). The van der Waals surface area contributed by atoms with E-state index in [0.29, 0.717) is 19.4 Å². The SMILES string of the molecule is Cc1nc(CNC(=O)C2CCCC2C(=O)O)cs1. The van der Waals surface area contributed by atoms with Crippen LogP contribution in [0.15, 0.2) is 5.38 Å². The van der Waals surface area contributed by atoms with Crippen LogP contribution in [0.3, 0.4) is 0 Å². The molecule has 1 aliphatic carbocycles. The number of carbonyl (C=O) groups is 2. The standard InChI is InChI=1S/C12H16N2O3S/c1-7-14-8(6-18-7)5-13-11(15)9-3-2-4-10(9)12(16)17/h6,9-10H,2-5H2,1H3,(H,13,15)(H,16,17). The number of carboxylic acid groups (broad SMARTS) is 1. The molecule has 1 amide bonds. The number of nitrogens with one attached hydrogen (secondary N) is 1. The molecular formula is C12H16N2O3S. The predicted molar refractivity (Wildman–Crippen MR) is 67.2 cm³/mol. The van der Waals surface area contributed by atoms with Gasteiger partial charge >= 0.3 is 5.97 Å². The van der Waals surface area contributed by atoms with Crippen molar-refractivity contribution in [3.63, 3.8) is 0 Å². The van der Waals surface area contributed by atoms with Gasteiger partial charge in [-0.3, -0.25) is 9.59 Å². The lowest BCUT2D eigenvalue weighted by Gasteiger charge is -2.14. The normalized spacial score (nSPS) is 22.9. The minimum absolute atomic E-state index is 0.162. The number of nitrogens with zero attached hydrogens (tertiary/aromatic N) is 1. The van der Waals surface area contributed by atoms with Crippen LogP contribution >= 0.6 is 11.3 Å². The van der Waals surface area contributed by atoms with Crippen LogP contribution in [-0.2, 0) is 16.1 Å². The van der Waals surface area contributed by atoms with Gasteiger partial charge in [0.15, 0.2) is 0 Å². The van der Waals surface area contributed by atoms with Crippen LogP contribution in [0.1, 0.15) is 30.0 Å². The van der Waals surface area contributed by atoms with Crippen molar-refractivity contribution in [3.05, 3.63) is 16.1 Å². The van der Waals surface area contributed by atoms with Crippen LogP contribution in [0, 0.1) is 18.8 Å². The first-order valence-corrected chi connectivity index (χ1v) is 6.87. The highest BCUT2D eigenvalue weighted by Crippen LogP contribution is 2.32. The van der Waals surface area contributed by atoms with Crippen LogP contribution in [0.25, 0.3) is 0 Å². The molecule has 1 fully saturated rings. The molecule has 1 aliphatic rings. The highest BCUT2D eigenvalue weighted by molar-refractivity contribution is 7.09. The second kappa shape index (κ2) is 5.48. The summed E-state index contributed by atoms with van der Waals surface area (Å²) in [7, 11) is 0. The minimum atomic E-state index is -0.864. The lowest BCUT2D eigenvalue weighted by molar-refractivity contribution is -0.146. The van der Waals surface area contributed by atoms with Crippen LogP contribution in [-0.4, -0.2) is 22.0 Å². The molecule has 2 unspecified atom stereocenters. The van der Waals surface area contributed by atoms with Crippen molar-refractivity contribution in [1.29, 1.82) is 0 Å². The Bertz CT molecular complexity index is 458. The van der Waals surface area contributed by atoms with E-state index in [-0.39, 0.29) is 11.8 Å². The number of aliphatic carboxylic acids is 1. The van der Waals surface area contributed by atoms with Gasteiger partial charge in [0.1, 0.15) is 0 Å². The van der Waals surface area contributed by atoms with E-state index < -0.39 is 11.9 Å². The molecule has 5 nitrogen and oxygen atoms in total. The Morgan fingerprint density at radius 3 is 2.83 bits per heavy atom. The molecule has 6 heteroatoms. The zero-order chi connectivity index (χ0) is 13.1. The molecule has 2 N–H and O–H groups in total. The fourth-order valence-electron chi connectivity index (χ4n) is 2.37. The Balaban J connectivity index is 1.89. The quantitative estimate of drug-likeness (QED) is 0.868. The maximum atomic E-state index is 11.9. The fraction of sp³-hybridized carbons (Fsp3) is 0.583. The number of rotatable bonds is 4. The summed E-state index contributed by atoms with van der Waals surface area (Å²) >= 11 is 1.54. The smallest absolute Gasteiger partial charge is 0.307 e. The number of hydrogen-bond acceptors (Lipinski definition) is 4. The van der Waals surface area contributed by atoms with E-state index in [0.717, 1.165) is 17.1 Å². The average molecular weight is 268 g/mol. The number of amides is 1. The first kappa shape index (κ1) is 13.0. The Morgan fingerprint density at radius 1 is 1.50 bits per heavy atom. The van der Waals surface area contributed by atoms with E-state index in [1.807, 2.05) is 12.3 Å². The largest absolute Gasteiger partial charge is 0.481 e. The zero-order valence-corrected chi connectivity index (χ0v) is 11.0. The maximum absolute atomic E-state index is 11.9. The van der Waals surface area contributed by atoms with Crippen LogP contribution < -0.4 is 5.32 Å². The molecule has 1 heterocycles. The molecule has 0 aliphatic heterocycles. The van der Waals surface area contributed by atoms with E-state index in [1.165, 1.54) is 11.3 Å². The van der Waals surface area contributed by atoms with Gasteiger partial charge in [-0.25, -0.2) is 4.98 Å².